The largest absolute Gasteiger partial charge is 0.573 e. The Balaban J connectivity index is 1.75. The van der Waals surface area contributed by atoms with Gasteiger partial charge in [0.15, 0.2) is 5.82 Å². The molecule has 0 saturated heterocycles. The van der Waals surface area contributed by atoms with E-state index in [-0.39, 0.29) is 18.0 Å². The van der Waals surface area contributed by atoms with Crippen molar-refractivity contribution in [3.05, 3.63) is 48.0 Å². The number of nitrogens with one attached hydrogen (secondary N) is 2. The van der Waals surface area contributed by atoms with E-state index in [1.54, 1.807) is 25.1 Å². The first-order chi connectivity index (χ1) is 13.4. The molecule has 0 radical (unpaired) electrons. The van der Waals surface area contributed by atoms with Crippen molar-refractivity contribution in [2.45, 2.75) is 13.3 Å². The number of alkyl halides is 3. The molecule has 0 aliphatic carbocycles. The molecule has 1 aromatic heterocycles. The number of carbonyl (C=O) groups excluding carboxylic acids is 1. The first kappa shape index (κ1) is 19.1. The van der Waals surface area contributed by atoms with Crippen LogP contribution in [0.25, 0.3) is 10.9 Å². The third-order valence-electron chi connectivity index (χ3n) is 3.60. The molecule has 2 aromatic carbocycles. The molecule has 0 aliphatic heterocycles. The van der Waals surface area contributed by atoms with Crippen LogP contribution in [0.4, 0.5) is 19.0 Å². The fourth-order valence-corrected chi connectivity index (χ4v) is 2.36. The van der Waals surface area contributed by atoms with Gasteiger partial charge in [-0.3, -0.25) is 9.89 Å². The number of halogens is 3. The highest BCUT2D eigenvalue weighted by Crippen LogP contribution is 2.26. The standard InChI is InChI=1S/C19H14F3N3O3/c1-2-3-10-27-14-8-9-16-15(11-14)17(25-24-16)23-18(26)12-4-6-13(7-5-12)28-19(20,21)22/h4-9,11H,10H2,1H3,(H2,23,24,25,26). The van der Waals surface area contributed by atoms with Gasteiger partial charge in [-0.25, -0.2) is 0 Å². The predicted molar refractivity (Wildman–Crippen MR) is 96.1 cm³/mol. The Morgan fingerprint density at radius 3 is 2.57 bits per heavy atom. The highest BCUT2D eigenvalue weighted by atomic mass is 19.4. The first-order valence-electron chi connectivity index (χ1n) is 8.03. The summed E-state index contributed by atoms with van der Waals surface area (Å²) in [5.74, 6) is 5.38. The Morgan fingerprint density at radius 2 is 1.89 bits per heavy atom. The summed E-state index contributed by atoms with van der Waals surface area (Å²) in [5, 5.41) is 10.1. The second kappa shape index (κ2) is 7.92. The lowest BCUT2D eigenvalue weighted by Gasteiger charge is -2.09. The van der Waals surface area contributed by atoms with Crippen LogP contribution in [-0.2, 0) is 0 Å². The highest BCUT2D eigenvalue weighted by molar-refractivity contribution is 6.08. The van der Waals surface area contributed by atoms with Crippen LogP contribution >= 0.6 is 0 Å². The van der Waals surface area contributed by atoms with Crippen molar-refractivity contribution in [2.75, 3.05) is 11.9 Å². The number of benzene rings is 2. The van der Waals surface area contributed by atoms with Crippen LogP contribution in [0.1, 0.15) is 17.3 Å². The van der Waals surface area contributed by atoms with Gasteiger partial charge in [-0.1, -0.05) is 5.92 Å². The van der Waals surface area contributed by atoms with Crippen molar-refractivity contribution in [1.82, 2.24) is 10.2 Å². The van der Waals surface area contributed by atoms with Crippen LogP contribution in [0.15, 0.2) is 42.5 Å². The molecule has 28 heavy (non-hydrogen) atoms. The maximum atomic E-state index is 12.4. The molecule has 0 aliphatic rings. The number of aromatic amines is 1. The topological polar surface area (TPSA) is 76.2 Å². The maximum absolute atomic E-state index is 12.4. The van der Waals surface area contributed by atoms with Crippen molar-refractivity contribution >= 4 is 22.6 Å². The van der Waals surface area contributed by atoms with Crippen molar-refractivity contribution in [2.24, 2.45) is 0 Å². The van der Waals surface area contributed by atoms with Gasteiger partial charge in [0.25, 0.3) is 5.91 Å². The molecule has 0 atom stereocenters. The fourth-order valence-electron chi connectivity index (χ4n) is 2.36. The van der Waals surface area contributed by atoms with Crippen LogP contribution in [-0.4, -0.2) is 29.1 Å². The number of hydrogen-bond donors (Lipinski definition) is 2. The number of ether oxygens (including phenoxy) is 2. The molecule has 144 valence electrons. The molecule has 9 heteroatoms. The van der Waals surface area contributed by atoms with Crippen LogP contribution in [0.3, 0.4) is 0 Å². The van der Waals surface area contributed by atoms with E-state index in [1.807, 2.05) is 0 Å². The molecule has 0 unspecified atom stereocenters. The molecule has 0 fully saturated rings. The van der Waals surface area contributed by atoms with Gasteiger partial charge in [-0.15, -0.1) is 19.1 Å². The monoisotopic (exact) mass is 389 g/mol. The van der Waals surface area contributed by atoms with Gasteiger partial charge < -0.3 is 14.8 Å². The Morgan fingerprint density at radius 1 is 1.18 bits per heavy atom. The van der Waals surface area contributed by atoms with Gasteiger partial charge in [0.2, 0.25) is 0 Å². The van der Waals surface area contributed by atoms with E-state index >= 15 is 0 Å². The zero-order valence-electron chi connectivity index (χ0n) is 14.6. The van der Waals surface area contributed by atoms with Crippen LogP contribution in [0.5, 0.6) is 11.5 Å². The van der Waals surface area contributed by atoms with Crippen molar-refractivity contribution in [3.8, 4) is 23.3 Å². The third-order valence-corrected chi connectivity index (χ3v) is 3.60. The van der Waals surface area contributed by atoms with Crippen molar-refractivity contribution in [1.29, 1.82) is 0 Å². The van der Waals surface area contributed by atoms with Crippen molar-refractivity contribution in [3.63, 3.8) is 0 Å². The molecule has 3 rings (SSSR count). The predicted octanol–water partition coefficient (Wildman–Crippen LogP) is 4.12. The van der Waals surface area contributed by atoms with Crippen LogP contribution in [0, 0.1) is 11.8 Å². The first-order valence-corrected chi connectivity index (χ1v) is 8.03. The number of nitrogens with zero attached hydrogens (tertiary/aromatic N) is 1. The molecule has 1 amide bonds. The number of H-pyrrole nitrogens is 1. The van der Waals surface area contributed by atoms with E-state index in [1.165, 1.54) is 12.1 Å². The number of aromatic nitrogens is 2. The van der Waals surface area contributed by atoms with E-state index in [9.17, 15) is 18.0 Å². The SMILES string of the molecule is CC#CCOc1ccc2[nH]nc(NC(=O)c3ccc(OC(F)(F)F)cc3)c2c1. The van der Waals surface area contributed by atoms with E-state index in [4.69, 9.17) is 4.74 Å². The van der Waals surface area contributed by atoms with E-state index < -0.39 is 18.0 Å². The summed E-state index contributed by atoms with van der Waals surface area (Å²) in [4.78, 5) is 12.4. The molecule has 0 bridgehead atoms. The molecule has 2 N–H and O–H groups in total. The lowest BCUT2D eigenvalue weighted by molar-refractivity contribution is -0.274. The summed E-state index contributed by atoms with van der Waals surface area (Å²) in [7, 11) is 0. The summed E-state index contributed by atoms with van der Waals surface area (Å²) in [5.41, 5.74) is 0.828. The Hall–Kier alpha value is -3.67. The van der Waals surface area contributed by atoms with Gasteiger partial charge >= 0.3 is 6.36 Å². The molecular weight excluding hydrogens is 375 g/mol. The highest BCUT2D eigenvalue weighted by Gasteiger charge is 2.31. The average molecular weight is 389 g/mol. The average Bonchev–Trinajstić information content (AvgIpc) is 3.03. The lowest BCUT2D eigenvalue weighted by atomic mass is 10.2. The summed E-state index contributed by atoms with van der Waals surface area (Å²) in [6, 6.07) is 9.76. The third kappa shape index (κ3) is 4.73. The van der Waals surface area contributed by atoms with Gasteiger partial charge in [-0.05, 0) is 49.4 Å². The van der Waals surface area contributed by atoms with Gasteiger partial charge in [-0.2, -0.15) is 5.10 Å². The normalized spacial score (nSPS) is 10.9. The summed E-state index contributed by atoms with van der Waals surface area (Å²) < 4.78 is 45.9. The van der Waals surface area contributed by atoms with Crippen LogP contribution in [0.2, 0.25) is 0 Å². The molecular formula is C19H14F3N3O3. The van der Waals surface area contributed by atoms with Crippen LogP contribution < -0.4 is 14.8 Å². The van der Waals surface area contributed by atoms with Gasteiger partial charge in [0.1, 0.15) is 18.1 Å². The Kier molecular flexibility index (Phi) is 5.40. The molecule has 6 nitrogen and oxygen atoms in total. The maximum Gasteiger partial charge on any atom is 0.573 e. The number of hydrogen-bond acceptors (Lipinski definition) is 4. The molecule has 3 aromatic rings. The summed E-state index contributed by atoms with van der Waals surface area (Å²) in [6.07, 6.45) is -4.79. The van der Waals surface area contributed by atoms with Crippen molar-refractivity contribution < 1.29 is 27.4 Å². The van der Waals surface area contributed by atoms with Gasteiger partial charge in [0.05, 0.1) is 5.52 Å². The summed E-state index contributed by atoms with van der Waals surface area (Å²) >= 11 is 0. The number of fused-ring (bicyclic) bond motifs is 1. The summed E-state index contributed by atoms with van der Waals surface area (Å²) in [6.45, 7) is 1.94. The minimum atomic E-state index is -4.79. The fraction of sp³-hybridized carbons (Fsp3) is 0.158. The number of carbonyl (C=O) groups is 1. The minimum absolute atomic E-state index is 0.149. The Labute approximate surface area is 157 Å². The minimum Gasteiger partial charge on any atom is -0.481 e. The van der Waals surface area contributed by atoms with E-state index in [2.05, 4.69) is 32.1 Å². The Bertz CT molecular complexity index is 1050. The zero-order valence-corrected chi connectivity index (χ0v) is 14.6. The zero-order chi connectivity index (χ0) is 20.1. The molecule has 0 saturated carbocycles. The smallest absolute Gasteiger partial charge is 0.481 e. The van der Waals surface area contributed by atoms with E-state index in [0.717, 1.165) is 12.1 Å². The number of amides is 1. The van der Waals surface area contributed by atoms with E-state index in [0.29, 0.717) is 16.7 Å². The lowest BCUT2D eigenvalue weighted by Crippen LogP contribution is -2.17. The second-order valence-corrected chi connectivity index (χ2v) is 5.52. The second-order valence-electron chi connectivity index (χ2n) is 5.52. The molecule has 1 heterocycles. The van der Waals surface area contributed by atoms with Gasteiger partial charge in [0, 0.05) is 10.9 Å². The number of rotatable bonds is 5. The number of anilines is 1. The molecule has 0 spiro atoms. The quantitative estimate of drug-likeness (QED) is 0.644.